The molecule has 0 bridgehead atoms. The molecule has 0 spiro atoms. The summed E-state index contributed by atoms with van der Waals surface area (Å²) >= 11 is 11.7. The minimum atomic E-state index is -0.843. The van der Waals surface area contributed by atoms with Crippen molar-refractivity contribution >= 4 is 35.1 Å². The van der Waals surface area contributed by atoms with E-state index in [9.17, 15) is 14.7 Å². The van der Waals surface area contributed by atoms with Crippen LogP contribution in [-0.4, -0.2) is 23.5 Å². The van der Waals surface area contributed by atoms with Gasteiger partial charge in [-0.15, -0.1) is 0 Å². The van der Waals surface area contributed by atoms with E-state index in [2.05, 4.69) is 5.32 Å². The predicted molar refractivity (Wildman–Crippen MR) is 81.9 cm³/mol. The Morgan fingerprint density at radius 2 is 1.81 bits per heavy atom. The number of amides is 1. The number of nitrogens with one attached hydrogen (secondary N) is 1. The average molecular weight is 330 g/mol. The molecule has 21 heavy (non-hydrogen) atoms. The molecule has 0 atom stereocenters. The second kappa shape index (κ2) is 6.67. The molecule has 0 aliphatic heterocycles. The number of hydrogen-bond acceptors (Lipinski definition) is 2. The third-order valence-corrected chi connectivity index (χ3v) is 4.77. The van der Waals surface area contributed by atoms with Crippen molar-refractivity contribution in [3.8, 4) is 0 Å². The molecule has 1 amide bonds. The third-order valence-electron chi connectivity index (χ3n) is 4.03. The van der Waals surface area contributed by atoms with Crippen LogP contribution in [0.1, 0.15) is 42.5 Å². The summed E-state index contributed by atoms with van der Waals surface area (Å²) in [6, 6.07) is 4.60. The van der Waals surface area contributed by atoms with Crippen LogP contribution in [0.3, 0.4) is 0 Å². The zero-order valence-corrected chi connectivity index (χ0v) is 13.0. The number of benzene rings is 1. The Bertz CT molecular complexity index is 554. The zero-order valence-electron chi connectivity index (χ0n) is 11.5. The Morgan fingerprint density at radius 3 is 2.38 bits per heavy atom. The van der Waals surface area contributed by atoms with E-state index in [0.29, 0.717) is 28.5 Å². The lowest BCUT2D eigenvalue weighted by Gasteiger charge is -2.33. The van der Waals surface area contributed by atoms with Crippen LogP contribution in [0.2, 0.25) is 10.0 Å². The van der Waals surface area contributed by atoms with E-state index >= 15 is 0 Å². The standard InChI is InChI=1S/C15H17Cl2NO3/c16-11-5-4-10(8-12(11)17)13(19)18-9-15(14(20)21)6-2-1-3-7-15/h4-5,8H,1-3,6-7,9H2,(H,18,19)(H,20,21). The monoisotopic (exact) mass is 329 g/mol. The maximum atomic E-state index is 12.1. The predicted octanol–water partition coefficient (Wildman–Crippen LogP) is 3.76. The van der Waals surface area contributed by atoms with Crippen LogP contribution < -0.4 is 5.32 Å². The van der Waals surface area contributed by atoms with Crippen LogP contribution in [-0.2, 0) is 4.79 Å². The SMILES string of the molecule is O=C(NCC1(C(=O)O)CCCCC1)c1ccc(Cl)c(Cl)c1. The van der Waals surface area contributed by atoms with E-state index in [1.807, 2.05) is 0 Å². The summed E-state index contributed by atoms with van der Waals surface area (Å²) in [4.78, 5) is 23.6. The van der Waals surface area contributed by atoms with Gasteiger partial charge in [-0.05, 0) is 31.0 Å². The fraction of sp³-hybridized carbons (Fsp3) is 0.467. The lowest BCUT2D eigenvalue weighted by atomic mass is 9.74. The molecule has 4 nitrogen and oxygen atoms in total. The Balaban J connectivity index is 2.05. The first kappa shape index (κ1) is 16.1. The molecular weight excluding hydrogens is 313 g/mol. The van der Waals surface area contributed by atoms with E-state index in [-0.39, 0.29) is 12.5 Å². The summed E-state index contributed by atoms with van der Waals surface area (Å²) in [5.41, 5.74) is -0.467. The maximum Gasteiger partial charge on any atom is 0.311 e. The highest BCUT2D eigenvalue weighted by atomic mass is 35.5. The lowest BCUT2D eigenvalue weighted by Crippen LogP contribution is -2.44. The molecule has 1 aromatic carbocycles. The highest BCUT2D eigenvalue weighted by Crippen LogP contribution is 2.36. The fourth-order valence-electron chi connectivity index (χ4n) is 2.68. The first-order valence-electron chi connectivity index (χ1n) is 6.91. The molecule has 1 fully saturated rings. The zero-order chi connectivity index (χ0) is 15.5. The fourth-order valence-corrected chi connectivity index (χ4v) is 2.98. The number of carbonyl (C=O) groups excluding carboxylic acids is 1. The van der Waals surface area contributed by atoms with Gasteiger partial charge in [0.05, 0.1) is 15.5 Å². The molecule has 2 rings (SSSR count). The van der Waals surface area contributed by atoms with Crippen molar-refractivity contribution in [3.63, 3.8) is 0 Å². The van der Waals surface area contributed by atoms with Crippen molar-refractivity contribution in [1.82, 2.24) is 5.32 Å². The Kier molecular flexibility index (Phi) is 5.12. The van der Waals surface area contributed by atoms with Gasteiger partial charge < -0.3 is 10.4 Å². The van der Waals surface area contributed by atoms with Crippen LogP contribution in [0.4, 0.5) is 0 Å². The summed E-state index contributed by atoms with van der Waals surface area (Å²) in [6.45, 7) is 0.140. The van der Waals surface area contributed by atoms with E-state index < -0.39 is 11.4 Å². The van der Waals surface area contributed by atoms with Crippen molar-refractivity contribution in [2.75, 3.05) is 6.54 Å². The molecule has 0 unspecified atom stereocenters. The van der Waals surface area contributed by atoms with Crippen LogP contribution >= 0.6 is 23.2 Å². The van der Waals surface area contributed by atoms with Gasteiger partial charge in [-0.2, -0.15) is 0 Å². The quantitative estimate of drug-likeness (QED) is 0.883. The smallest absolute Gasteiger partial charge is 0.311 e. The molecule has 2 N–H and O–H groups in total. The molecule has 1 aliphatic rings. The minimum absolute atomic E-state index is 0.140. The molecule has 0 aromatic heterocycles. The second-order valence-corrected chi connectivity index (χ2v) is 6.27. The van der Waals surface area contributed by atoms with E-state index in [1.165, 1.54) is 6.07 Å². The lowest BCUT2D eigenvalue weighted by molar-refractivity contribution is -0.150. The third kappa shape index (κ3) is 3.69. The normalized spacial score (nSPS) is 17.2. The molecule has 6 heteroatoms. The van der Waals surface area contributed by atoms with Gasteiger partial charge in [0.2, 0.25) is 0 Å². The highest BCUT2D eigenvalue weighted by molar-refractivity contribution is 6.42. The van der Waals surface area contributed by atoms with Gasteiger partial charge in [0.15, 0.2) is 0 Å². The number of rotatable bonds is 4. The minimum Gasteiger partial charge on any atom is -0.481 e. The van der Waals surface area contributed by atoms with Gasteiger partial charge in [0.1, 0.15) is 0 Å². The Hall–Kier alpha value is -1.26. The number of hydrogen-bond donors (Lipinski definition) is 2. The molecule has 1 saturated carbocycles. The summed E-state index contributed by atoms with van der Waals surface area (Å²) in [7, 11) is 0. The number of carbonyl (C=O) groups is 2. The second-order valence-electron chi connectivity index (χ2n) is 5.46. The van der Waals surface area contributed by atoms with Gasteiger partial charge in [-0.3, -0.25) is 9.59 Å². The Labute approximate surface area is 133 Å². The van der Waals surface area contributed by atoms with Crippen LogP contribution in [0.25, 0.3) is 0 Å². The van der Waals surface area contributed by atoms with Crippen molar-refractivity contribution in [2.45, 2.75) is 32.1 Å². The number of halogens is 2. The van der Waals surface area contributed by atoms with Gasteiger partial charge in [0, 0.05) is 12.1 Å². The summed E-state index contributed by atoms with van der Waals surface area (Å²) < 4.78 is 0. The summed E-state index contributed by atoms with van der Waals surface area (Å²) in [5, 5.41) is 12.9. The summed E-state index contributed by atoms with van der Waals surface area (Å²) in [5.74, 6) is -1.17. The number of carboxylic acids is 1. The average Bonchev–Trinajstić information content (AvgIpc) is 2.48. The van der Waals surface area contributed by atoms with Crippen molar-refractivity contribution in [2.24, 2.45) is 5.41 Å². The topological polar surface area (TPSA) is 66.4 Å². The van der Waals surface area contributed by atoms with Crippen LogP contribution in [0.5, 0.6) is 0 Å². The van der Waals surface area contributed by atoms with E-state index in [0.717, 1.165) is 19.3 Å². The van der Waals surface area contributed by atoms with E-state index in [1.54, 1.807) is 12.1 Å². The maximum absolute atomic E-state index is 12.1. The molecule has 0 radical (unpaired) electrons. The first-order valence-corrected chi connectivity index (χ1v) is 7.67. The highest BCUT2D eigenvalue weighted by Gasteiger charge is 2.39. The number of carboxylic acid groups (broad SMARTS) is 1. The first-order chi connectivity index (χ1) is 9.94. The van der Waals surface area contributed by atoms with Gasteiger partial charge in [-0.25, -0.2) is 0 Å². The molecule has 0 saturated heterocycles. The van der Waals surface area contributed by atoms with Crippen molar-refractivity contribution < 1.29 is 14.7 Å². The van der Waals surface area contributed by atoms with Gasteiger partial charge >= 0.3 is 5.97 Å². The molecule has 114 valence electrons. The van der Waals surface area contributed by atoms with Crippen molar-refractivity contribution in [1.29, 1.82) is 0 Å². The van der Waals surface area contributed by atoms with Crippen LogP contribution in [0, 0.1) is 5.41 Å². The molecule has 1 aliphatic carbocycles. The molecule has 0 heterocycles. The summed E-state index contributed by atoms with van der Waals surface area (Å²) in [6.07, 6.45) is 4.02. The molecule has 1 aromatic rings. The van der Waals surface area contributed by atoms with E-state index in [4.69, 9.17) is 23.2 Å². The Morgan fingerprint density at radius 1 is 1.14 bits per heavy atom. The molecular formula is C15H17Cl2NO3. The van der Waals surface area contributed by atoms with Gasteiger partial charge in [0.25, 0.3) is 5.91 Å². The van der Waals surface area contributed by atoms with Crippen molar-refractivity contribution in [3.05, 3.63) is 33.8 Å². The largest absolute Gasteiger partial charge is 0.481 e. The number of aliphatic carboxylic acids is 1. The van der Waals surface area contributed by atoms with Crippen LogP contribution in [0.15, 0.2) is 18.2 Å². The van der Waals surface area contributed by atoms with Gasteiger partial charge in [-0.1, -0.05) is 42.5 Å².